The van der Waals surface area contributed by atoms with Gasteiger partial charge in [0.25, 0.3) is 11.6 Å². The monoisotopic (exact) mass is 418 g/mol. The molecule has 2 heterocycles. The Labute approximate surface area is 179 Å². The van der Waals surface area contributed by atoms with E-state index in [-0.39, 0.29) is 18.4 Å². The van der Waals surface area contributed by atoms with Gasteiger partial charge in [-0.3, -0.25) is 4.79 Å². The predicted octanol–water partition coefficient (Wildman–Crippen LogP) is 3.69. The van der Waals surface area contributed by atoms with Gasteiger partial charge < -0.3 is 19.3 Å². The van der Waals surface area contributed by atoms with E-state index in [0.717, 1.165) is 16.9 Å². The van der Waals surface area contributed by atoms with E-state index in [1.807, 2.05) is 61.5 Å². The van der Waals surface area contributed by atoms with Gasteiger partial charge in [-0.2, -0.15) is 9.97 Å². The van der Waals surface area contributed by atoms with E-state index in [1.165, 1.54) is 0 Å². The zero-order valence-electron chi connectivity index (χ0n) is 17.3. The molecule has 0 aliphatic carbocycles. The van der Waals surface area contributed by atoms with Crippen LogP contribution in [0.5, 0.6) is 11.6 Å². The fourth-order valence-corrected chi connectivity index (χ4v) is 3.15. The third kappa shape index (κ3) is 4.63. The van der Waals surface area contributed by atoms with Crippen LogP contribution in [0.4, 0.5) is 0 Å². The highest BCUT2D eigenvalue weighted by atomic mass is 16.5. The molecule has 4 rings (SSSR count). The molecule has 31 heavy (non-hydrogen) atoms. The van der Waals surface area contributed by atoms with Crippen molar-refractivity contribution in [3.63, 3.8) is 0 Å². The minimum absolute atomic E-state index is 0.207. The summed E-state index contributed by atoms with van der Waals surface area (Å²) in [5.41, 5.74) is 2.61. The molecule has 0 spiro atoms. The van der Waals surface area contributed by atoms with Crippen LogP contribution < -0.4 is 14.8 Å². The molecule has 4 aromatic rings. The van der Waals surface area contributed by atoms with Crippen LogP contribution in [0.25, 0.3) is 22.4 Å². The molecule has 2 aromatic carbocycles. The number of nitrogens with zero attached hydrogens (tertiary/aromatic N) is 3. The lowest BCUT2D eigenvalue weighted by molar-refractivity contribution is -0.123. The summed E-state index contributed by atoms with van der Waals surface area (Å²) in [7, 11) is 0. The lowest BCUT2D eigenvalue weighted by atomic mass is 10.1. The van der Waals surface area contributed by atoms with E-state index in [1.54, 1.807) is 6.92 Å². The summed E-state index contributed by atoms with van der Waals surface area (Å²) in [5, 5.41) is 7.50. The summed E-state index contributed by atoms with van der Waals surface area (Å²) < 4.78 is 16.7. The van der Waals surface area contributed by atoms with Gasteiger partial charge in [0.15, 0.2) is 6.61 Å². The summed E-state index contributed by atoms with van der Waals surface area (Å²) in [5.74, 6) is 1.18. The average Bonchev–Trinajstić information content (AvgIpc) is 3.21. The number of para-hydroxylation sites is 1. The van der Waals surface area contributed by atoms with Crippen molar-refractivity contribution >= 4 is 17.0 Å². The summed E-state index contributed by atoms with van der Waals surface area (Å²) in [4.78, 5) is 21.0. The molecule has 0 atom stereocenters. The number of hydrogen-bond acceptors (Lipinski definition) is 7. The zero-order valence-corrected chi connectivity index (χ0v) is 17.3. The van der Waals surface area contributed by atoms with Gasteiger partial charge in [-0.15, -0.1) is 0 Å². The van der Waals surface area contributed by atoms with E-state index >= 15 is 0 Å². The first-order valence-electron chi connectivity index (χ1n) is 9.95. The number of amides is 1. The van der Waals surface area contributed by atoms with Gasteiger partial charge in [0.05, 0.1) is 6.61 Å². The normalized spacial score (nSPS) is 10.8. The van der Waals surface area contributed by atoms with E-state index in [4.69, 9.17) is 14.0 Å². The molecular formula is C23H22N4O4. The molecule has 1 N–H and O–H groups in total. The van der Waals surface area contributed by atoms with Crippen molar-refractivity contribution in [2.24, 2.45) is 0 Å². The maximum absolute atomic E-state index is 12.4. The number of fused-ring (bicyclic) bond motifs is 1. The molecule has 0 radical (unpaired) electrons. The number of carbonyl (C=O) groups excluding carboxylic acids is 1. The van der Waals surface area contributed by atoms with Gasteiger partial charge >= 0.3 is 0 Å². The van der Waals surface area contributed by atoms with Gasteiger partial charge in [-0.25, -0.2) is 0 Å². The first-order chi connectivity index (χ1) is 15.2. The summed E-state index contributed by atoms with van der Waals surface area (Å²) in [6, 6.07) is 17.1. The van der Waals surface area contributed by atoms with Crippen molar-refractivity contribution in [1.82, 2.24) is 20.4 Å². The highest BCUT2D eigenvalue weighted by Gasteiger charge is 2.19. The number of nitrogens with one attached hydrogen (secondary N) is 1. The van der Waals surface area contributed by atoms with Crippen molar-refractivity contribution < 1.29 is 18.8 Å². The molecule has 1 amide bonds. The molecule has 0 saturated carbocycles. The maximum Gasteiger partial charge on any atom is 0.265 e. The fraction of sp³-hybridized carbons (Fsp3) is 0.217. The van der Waals surface area contributed by atoms with E-state index in [9.17, 15) is 4.79 Å². The fourth-order valence-electron chi connectivity index (χ4n) is 3.15. The van der Waals surface area contributed by atoms with Gasteiger partial charge in [0.2, 0.25) is 5.88 Å². The quantitative estimate of drug-likeness (QED) is 0.466. The maximum atomic E-state index is 12.4. The largest absolute Gasteiger partial charge is 0.494 e. The van der Waals surface area contributed by atoms with E-state index < -0.39 is 0 Å². The minimum atomic E-state index is -0.284. The molecular weight excluding hydrogens is 396 g/mol. The Morgan fingerprint density at radius 1 is 1.03 bits per heavy atom. The van der Waals surface area contributed by atoms with Crippen LogP contribution in [-0.4, -0.2) is 34.2 Å². The molecule has 0 unspecified atom stereocenters. The van der Waals surface area contributed by atoms with Crippen molar-refractivity contribution in [1.29, 1.82) is 0 Å². The molecule has 0 saturated heterocycles. The number of ether oxygens (including phenoxy) is 2. The molecule has 0 fully saturated rings. The summed E-state index contributed by atoms with van der Waals surface area (Å²) >= 11 is 0. The van der Waals surface area contributed by atoms with Crippen LogP contribution in [0.1, 0.15) is 18.3 Å². The second-order valence-corrected chi connectivity index (χ2v) is 6.76. The van der Waals surface area contributed by atoms with Gasteiger partial charge in [0, 0.05) is 17.7 Å². The third-order valence-electron chi connectivity index (χ3n) is 4.55. The number of carbonyl (C=O) groups is 1. The van der Waals surface area contributed by atoms with Crippen molar-refractivity contribution in [2.45, 2.75) is 20.4 Å². The summed E-state index contributed by atoms with van der Waals surface area (Å²) in [6.45, 7) is 4.32. The SMILES string of the molecule is CCOc1ccccc1CNC(=O)COc1nc(C)nc2onc(-c3ccccc3)c12. The highest BCUT2D eigenvalue weighted by Crippen LogP contribution is 2.32. The Hall–Kier alpha value is -3.94. The number of benzene rings is 2. The molecule has 158 valence electrons. The van der Waals surface area contributed by atoms with Crippen LogP contribution in [0.15, 0.2) is 59.1 Å². The van der Waals surface area contributed by atoms with E-state index in [2.05, 4.69) is 20.4 Å². The average molecular weight is 418 g/mol. The number of aromatic nitrogens is 3. The lowest BCUT2D eigenvalue weighted by Crippen LogP contribution is -2.28. The molecule has 0 aliphatic rings. The van der Waals surface area contributed by atoms with Crippen LogP contribution in [0, 0.1) is 6.92 Å². The van der Waals surface area contributed by atoms with Crippen LogP contribution in [0.2, 0.25) is 0 Å². The Morgan fingerprint density at radius 2 is 1.81 bits per heavy atom. The molecule has 0 bridgehead atoms. The topological polar surface area (TPSA) is 99.4 Å². The standard InChI is InChI=1S/C23H22N4O4/c1-3-29-18-12-8-7-11-17(18)13-24-19(28)14-30-22-20-21(16-9-5-4-6-10-16)27-31-23(20)26-15(2)25-22/h4-12H,3,13-14H2,1-2H3,(H,24,28). The Balaban J connectivity index is 1.49. The Morgan fingerprint density at radius 3 is 2.61 bits per heavy atom. The smallest absolute Gasteiger partial charge is 0.265 e. The second-order valence-electron chi connectivity index (χ2n) is 6.76. The van der Waals surface area contributed by atoms with Crippen LogP contribution in [0.3, 0.4) is 0 Å². The summed E-state index contributed by atoms with van der Waals surface area (Å²) in [6.07, 6.45) is 0. The second kappa shape index (κ2) is 9.25. The first-order valence-corrected chi connectivity index (χ1v) is 9.95. The van der Waals surface area contributed by atoms with Gasteiger partial charge in [0.1, 0.15) is 22.7 Å². The predicted molar refractivity (Wildman–Crippen MR) is 115 cm³/mol. The van der Waals surface area contributed by atoms with Gasteiger partial charge in [-0.1, -0.05) is 53.7 Å². The molecule has 8 heteroatoms. The highest BCUT2D eigenvalue weighted by molar-refractivity contribution is 5.93. The van der Waals surface area contributed by atoms with Crippen molar-refractivity contribution in [3.8, 4) is 22.9 Å². The lowest BCUT2D eigenvalue weighted by Gasteiger charge is -2.11. The Bertz CT molecular complexity index is 1190. The van der Waals surface area contributed by atoms with Crippen molar-refractivity contribution in [2.75, 3.05) is 13.2 Å². The van der Waals surface area contributed by atoms with E-state index in [0.29, 0.717) is 35.8 Å². The van der Waals surface area contributed by atoms with Crippen molar-refractivity contribution in [3.05, 3.63) is 66.0 Å². The number of aryl methyl sites for hydroxylation is 1. The van der Waals surface area contributed by atoms with Crippen LogP contribution >= 0.6 is 0 Å². The zero-order chi connectivity index (χ0) is 21.6. The third-order valence-corrected chi connectivity index (χ3v) is 4.55. The molecule has 2 aromatic heterocycles. The first kappa shape index (κ1) is 20.3. The van der Waals surface area contributed by atoms with Crippen LogP contribution in [-0.2, 0) is 11.3 Å². The van der Waals surface area contributed by atoms with Gasteiger partial charge in [-0.05, 0) is 19.9 Å². The number of rotatable bonds is 8. The number of hydrogen-bond donors (Lipinski definition) is 1. The molecule has 0 aliphatic heterocycles. The Kier molecular flexibility index (Phi) is 6.07. The minimum Gasteiger partial charge on any atom is -0.494 e. The molecule has 8 nitrogen and oxygen atoms in total.